The van der Waals surface area contributed by atoms with E-state index in [1.165, 1.54) is 18.2 Å². The van der Waals surface area contributed by atoms with Crippen molar-refractivity contribution >= 4 is 17.5 Å². The Hall–Kier alpha value is -3.50. The summed E-state index contributed by atoms with van der Waals surface area (Å²) in [5.74, 6) is 5.63. The van der Waals surface area contributed by atoms with Gasteiger partial charge in [0.15, 0.2) is 0 Å². The quantitative estimate of drug-likeness (QED) is 0.550. The highest BCUT2D eigenvalue weighted by Crippen LogP contribution is 2.31. The lowest BCUT2D eigenvalue weighted by molar-refractivity contribution is -0.124. The van der Waals surface area contributed by atoms with E-state index in [0.29, 0.717) is 11.6 Å². The molecule has 1 saturated carbocycles. The lowest BCUT2D eigenvalue weighted by Gasteiger charge is -2.12. The maximum atomic E-state index is 15.3. The van der Waals surface area contributed by atoms with Crippen LogP contribution in [0, 0.1) is 29.5 Å². The molecular formula is C25H22ClFN4O2. The van der Waals surface area contributed by atoms with E-state index in [1.807, 2.05) is 6.07 Å². The Balaban J connectivity index is 1.66. The Kier molecular flexibility index (Phi) is 6.57. The Morgan fingerprint density at radius 2 is 2.06 bits per heavy atom. The number of H-pyrrole nitrogens is 1. The van der Waals surface area contributed by atoms with Gasteiger partial charge in [-0.05, 0) is 31.0 Å². The molecule has 1 aliphatic carbocycles. The Bertz CT molecular complexity index is 1320. The summed E-state index contributed by atoms with van der Waals surface area (Å²) in [7, 11) is 0. The Morgan fingerprint density at radius 1 is 1.27 bits per heavy atom. The zero-order valence-electron chi connectivity index (χ0n) is 18.2. The number of nitrogens with zero attached hydrogens (tertiary/aromatic N) is 2. The molecule has 1 fully saturated rings. The number of nitrogens with one attached hydrogen (secondary N) is 2. The number of rotatable bonds is 5. The molecule has 1 aromatic carbocycles. The first-order valence-electron chi connectivity index (χ1n) is 10.7. The van der Waals surface area contributed by atoms with Crippen molar-refractivity contribution in [3.05, 3.63) is 68.8 Å². The van der Waals surface area contributed by atoms with Gasteiger partial charge < -0.3 is 10.3 Å². The third kappa shape index (κ3) is 5.47. The molecule has 6 nitrogen and oxygen atoms in total. The number of hydrogen-bond donors (Lipinski definition) is 2. The number of benzene rings is 1. The molecule has 0 radical (unpaired) electrons. The molecule has 0 unspecified atom stereocenters. The fourth-order valence-electron chi connectivity index (χ4n) is 3.08. The molecule has 1 amide bonds. The fourth-order valence-corrected chi connectivity index (χ4v) is 3.31. The van der Waals surface area contributed by atoms with Gasteiger partial charge in [-0.25, -0.2) is 9.37 Å². The molecular weight excluding hydrogens is 443 g/mol. The van der Waals surface area contributed by atoms with E-state index in [4.69, 9.17) is 11.6 Å². The van der Waals surface area contributed by atoms with Crippen LogP contribution in [0.4, 0.5) is 4.39 Å². The van der Waals surface area contributed by atoms with Crippen molar-refractivity contribution in [2.24, 2.45) is 11.8 Å². The SMILES string of the molecule is CC(C)C(=O)NCc1ccc(Cl)c(-c2nc(-c3ccc(C#CC4CC4)cn3)cc(=O)[nH]2)c1F. The molecule has 2 heterocycles. The maximum absolute atomic E-state index is 15.3. The van der Waals surface area contributed by atoms with Crippen LogP contribution in [0.15, 0.2) is 41.3 Å². The minimum atomic E-state index is -0.662. The van der Waals surface area contributed by atoms with Crippen molar-refractivity contribution in [2.75, 3.05) is 0 Å². The molecule has 4 rings (SSSR count). The molecule has 0 aliphatic heterocycles. The predicted octanol–water partition coefficient (Wildman–Crippen LogP) is 4.33. The third-order valence-corrected chi connectivity index (χ3v) is 5.47. The van der Waals surface area contributed by atoms with Crippen LogP contribution in [0.1, 0.15) is 37.8 Å². The highest BCUT2D eigenvalue weighted by molar-refractivity contribution is 6.33. The average Bonchev–Trinajstić information content (AvgIpc) is 3.61. The van der Waals surface area contributed by atoms with Crippen LogP contribution < -0.4 is 10.9 Å². The molecule has 0 atom stereocenters. The summed E-state index contributed by atoms with van der Waals surface area (Å²) in [5, 5.41) is 2.77. The molecule has 0 saturated heterocycles. The van der Waals surface area contributed by atoms with E-state index in [-0.39, 0.29) is 46.0 Å². The molecule has 8 heteroatoms. The highest BCUT2D eigenvalue weighted by atomic mass is 35.5. The normalized spacial score (nSPS) is 12.9. The predicted molar refractivity (Wildman–Crippen MR) is 125 cm³/mol. The second-order valence-electron chi connectivity index (χ2n) is 8.22. The summed E-state index contributed by atoms with van der Waals surface area (Å²) < 4.78 is 15.3. The third-order valence-electron chi connectivity index (χ3n) is 5.15. The Morgan fingerprint density at radius 3 is 2.73 bits per heavy atom. The van der Waals surface area contributed by atoms with Crippen LogP contribution in [0.5, 0.6) is 0 Å². The van der Waals surface area contributed by atoms with E-state index in [0.717, 1.165) is 18.4 Å². The molecule has 168 valence electrons. The van der Waals surface area contributed by atoms with Crippen LogP contribution >= 0.6 is 11.6 Å². The highest BCUT2D eigenvalue weighted by Gasteiger charge is 2.19. The van der Waals surface area contributed by atoms with Gasteiger partial charge in [0.1, 0.15) is 11.6 Å². The summed E-state index contributed by atoms with van der Waals surface area (Å²) >= 11 is 6.27. The fraction of sp³-hybridized carbons (Fsp3) is 0.280. The number of hydrogen-bond acceptors (Lipinski definition) is 4. The van der Waals surface area contributed by atoms with Gasteiger partial charge in [-0.15, -0.1) is 0 Å². The van der Waals surface area contributed by atoms with Crippen molar-refractivity contribution in [1.82, 2.24) is 20.3 Å². The first-order chi connectivity index (χ1) is 15.8. The zero-order valence-corrected chi connectivity index (χ0v) is 19.0. The lowest BCUT2D eigenvalue weighted by atomic mass is 10.1. The monoisotopic (exact) mass is 464 g/mol. The second-order valence-corrected chi connectivity index (χ2v) is 8.63. The van der Waals surface area contributed by atoms with Crippen molar-refractivity contribution in [3.63, 3.8) is 0 Å². The number of aromatic nitrogens is 3. The number of halogens is 2. The lowest BCUT2D eigenvalue weighted by Crippen LogP contribution is -2.27. The van der Waals surface area contributed by atoms with Crippen LogP contribution in [-0.4, -0.2) is 20.9 Å². The number of pyridine rings is 1. The van der Waals surface area contributed by atoms with Crippen molar-refractivity contribution in [2.45, 2.75) is 33.2 Å². The van der Waals surface area contributed by atoms with E-state index in [9.17, 15) is 9.59 Å². The van der Waals surface area contributed by atoms with Gasteiger partial charge in [-0.1, -0.05) is 43.4 Å². The molecule has 2 aromatic heterocycles. The largest absolute Gasteiger partial charge is 0.352 e. The van der Waals surface area contributed by atoms with Crippen LogP contribution in [-0.2, 0) is 11.3 Å². The minimum absolute atomic E-state index is 0.0121. The van der Waals surface area contributed by atoms with Gasteiger partial charge in [-0.2, -0.15) is 0 Å². The van der Waals surface area contributed by atoms with Crippen LogP contribution in [0.2, 0.25) is 5.02 Å². The van der Waals surface area contributed by atoms with Gasteiger partial charge >= 0.3 is 0 Å². The summed E-state index contributed by atoms with van der Waals surface area (Å²) in [6.45, 7) is 3.49. The molecule has 0 spiro atoms. The summed E-state index contributed by atoms with van der Waals surface area (Å²) in [4.78, 5) is 35.5. The Labute approximate surface area is 195 Å². The molecule has 2 N–H and O–H groups in total. The second kappa shape index (κ2) is 9.55. The van der Waals surface area contributed by atoms with E-state index >= 15 is 4.39 Å². The van der Waals surface area contributed by atoms with E-state index < -0.39 is 11.4 Å². The summed E-state index contributed by atoms with van der Waals surface area (Å²) in [6.07, 6.45) is 3.91. The molecule has 3 aromatic rings. The van der Waals surface area contributed by atoms with Gasteiger partial charge in [0.2, 0.25) is 5.91 Å². The van der Waals surface area contributed by atoms with Crippen LogP contribution in [0.25, 0.3) is 22.8 Å². The zero-order chi connectivity index (χ0) is 23.5. The minimum Gasteiger partial charge on any atom is -0.352 e. The van der Waals surface area contributed by atoms with Crippen molar-refractivity contribution in [3.8, 4) is 34.6 Å². The van der Waals surface area contributed by atoms with E-state index in [1.54, 1.807) is 26.1 Å². The molecule has 0 bridgehead atoms. The first kappa shape index (κ1) is 22.7. The molecule has 33 heavy (non-hydrogen) atoms. The standard InChI is InChI=1S/C25H22ClFN4O2/c1-14(2)25(33)29-13-17-8-9-18(26)22(23(17)27)24-30-20(11-21(32)31-24)19-10-7-16(12-28-19)6-5-15-3-4-15/h7-12,14-15H,3-4,13H2,1-2H3,(H,29,33)(H,30,31,32). The van der Waals surface area contributed by atoms with Crippen LogP contribution in [0.3, 0.4) is 0 Å². The van der Waals surface area contributed by atoms with Gasteiger partial charge in [0, 0.05) is 41.8 Å². The average molecular weight is 465 g/mol. The maximum Gasteiger partial charge on any atom is 0.251 e. The van der Waals surface area contributed by atoms with Crippen molar-refractivity contribution < 1.29 is 9.18 Å². The first-order valence-corrected chi connectivity index (χ1v) is 11.0. The van der Waals surface area contributed by atoms with Gasteiger partial charge in [0.25, 0.3) is 5.56 Å². The van der Waals surface area contributed by atoms with E-state index in [2.05, 4.69) is 32.1 Å². The van der Waals surface area contributed by atoms with Gasteiger partial charge in [-0.3, -0.25) is 14.6 Å². The smallest absolute Gasteiger partial charge is 0.251 e. The summed E-state index contributed by atoms with van der Waals surface area (Å²) in [5.41, 5.74) is 1.23. The number of carbonyl (C=O) groups is 1. The number of aromatic amines is 1. The van der Waals surface area contributed by atoms with Gasteiger partial charge in [0.05, 0.1) is 22.0 Å². The van der Waals surface area contributed by atoms with Crippen molar-refractivity contribution in [1.29, 1.82) is 0 Å². The summed E-state index contributed by atoms with van der Waals surface area (Å²) in [6, 6.07) is 7.83. The number of carbonyl (C=O) groups excluding carboxylic acids is 1. The number of amides is 1. The molecule has 1 aliphatic rings. The topological polar surface area (TPSA) is 87.7 Å².